The molecule has 2 rings (SSSR count). The van der Waals surface area contributed by atoms with Gasteiger partial charge in [-0.3, -0.25) is 18.7 Å². The molecule has 0 aliphatic rings. The number of sulfonamides is 1. The number of hydrogen-bond donors (Lipinski definition) is 1. The van der Waals surface area contributed by atoms with Crippen molar-refractivity contribution in [3.05, 3.63) is 54.8 Å². The minimum Gasteiger partial charge on any atom is -0.300 e. The standard InChI is InChI=1S/C13H13Cl2N3O4S/c1-7-11(12(19)18(3)13(20)17(7)2)23(21,22)16-10-5-4-8(14)6-9(10)15/h4-6,16H,1-3H3. The summed E-state index contributed by atoms with van der Waals surface area (Å²) in [5, 5.41) is 0.424. The van der Waals surface area contributed by atoms with Gasteiger partial charge in [-0.2, -0.15) is 0 Å². The van der Waals surface area contributed by atoms with Crippen LogP contribution >= 0.6 is 23.2 Å². The van der Waals surface area contributed by atoms with Crippen LogP contribution in [-0.4, -0.2) is 17.6 Å². The van der Waals surface area contributed by atoms with Gasteiger partial charge in [0.05, 0.1) is 10.7 Å². The van der Waals surface area contributed by atoms with E-state index in [0.29, 0.717) is 5.02 Å². The van der Waals surface area contributed by atoms with E-state index in [1.165, 1.54) is 39.2 Å². The van der Waals surface area contributed by atoms with Crippen LogP contribution < -0.4 is 16.0 Å². The highest BCUT2D eigenvalue weighted by Crippen LogP contribution is 2.27. The second-order valence-corrected chi connectivity index (χ2v) is 7.31. The molecule has 0 radical (unpaired) electrons. The molecule has 0 aliphatic carbocycles. The van der Waals surface area contributed by atoms with Gasteiger partial charge < -0.3 is 0 Å². The highest BCUT2D eigenvalue weighted by Gasteiger charge is 2.26. The monoisotopic (exact) mass is 377 g/mol. The van der Waals surface area contributed by atoms with E-state index >= 15 is 0 Å². The first-order chi connectivity index (χ1) is 10.6. The molecule has 0 fully saturated rings. The quantitative estimate of drug-likeness (QED) is 0.877. The van der Waals surface area contributed by atoms with Crippen molar-refractivity contribution in [1.82, 2.24) is 9.13 Å². The Bertz CT molecular complexity index is 1010. The number of benzene rings is 1. The minimum atomic E-state index is -4.24. The molecular formula is C13H13Cl2N3O4S. The highest BCUT2D eigenvalue weighted by molar-refractivity contribution is 7.92. The van der Waals surface area contributed by atoms with Crippen LogP contribution in [0.15, 0.2) is 32.7 Å². The van der Waals surface area contributed by atoms with Crippen LogP contribution in [0.3, 0.4) is 0 Å². The maximum absolute atomic E-state index is 12.6. The lowest BCUT2D eigenvalue weighted by molar-refractivity contribution is 0.583. The zero-order chi connectivity index (χ0) is 17.5. The lowest BCUT2D eigenvalue weighted by Crippen LogP contribution is -2.42. The van der Waals surface area contributed by atoms with Crippen LogP contribution in [0.1, 0.15) is 5.69 Å². The van der Waals surface area contributed by atoms with E-state index in [0.717, 1.165) is 9.13 Å². The van der Waals surface area contributed by atoms with Crippen molar-refractivity contribution in [2.24, 2.45) is 14.1 Å². The van der Waals surface area contributed by atoms with Crippen LogP contribution in [0.2, 0.25) is 10.0 Å². The molecule has 0 atom stereocenters. The van der Waals surface area contributed by atoms with Crippen molar-refractivity contribution < 1.29 is 8.42 Å². The zero-order valence-electron chi connectivity index (χ0n) is 12.4. The average Bonchev–Trinajstić information content (AvgIpc) is 2.46. The fourth-order valence-corrected chi connectivity index (χ4v) is 3.97. The van der Waals surface area contributed by atoms with Gasteiger partial charge in [0.25, 0.3) is 15.6 Å². The Balaban J connectivity index is 2.66. The van der Waals surface area contributed by atoms with Crippen LogP contribution in [0.5, 0.6) is 0 Å². The first-order valence-corrected chi connectivity index (χ1v) is 8.54. The summed E-state index contributed by atoms with van der Waals surface area (Å²) in [4.78, 5) is 23.5. The topological polar surface area (TPSA) is 90.2 Å². The van der Waals surface area contributed by atoms with Gasteiger partial charge in [0.2, 0.25) is 0 Å². The molecule has 23 heavy (non-hydrogen) atoms. The molecule has 0 unspecified atom stereocenters. The molecule has 0 saturated carbocycles. The van der Waals surface area contributed by atoms with Gasteiger partial charge in [-0.15, -0.1) is 0 Å². The summed E-state index contributed by atoms with van der Waals surface area (Å²) in [5.74, 6) is 0. The number of nitrogens with one attached hydrogen (secondary N) is 1. The normalized spacial score (nSPS) is 11.5. The molecule has 10 heteroatoms. The molecular weight excluding hydrogens is 365 g/mol. The second kappa shape index (κ2) is 6.03. The molecule has 1 heterocycles. The predicted molar refractivity (Wildman–Crippen MR) is 88.9 cm³/mol. The summed E-state index contributed by atoms with van der Waals surface area (Å²) in [6.07, 6.45) is 0. The van der Waals surface area contributed by atoms with Crippen molar-refractivity contribution in [2.45, 2.75) is 11.8 Å². The average molecular weight is 378 g/mol. The van der Waals surface area contributed by atoms with Gasteiger partial charge in [0.1, 0.15) is 0 Å². The Hall–Kier alpha value is -1.77. The Labute approximate surface area is 142 Å². The van der Waals surface area contributed by atoms with Crippen LogP contribution in [-0.2, 0) is 24.1 Å². The van der Waals surface area contributed by atoms with E-state index in [4.69, 9.17) is 23.2 Å². The van der Waals surface area contributed by atoms with Crippen LogP contribution in [0.4, 0.5) is 5.69 Å². The summed E-state index contributed by atoms with van der Waals surface area (Å²) >= 11 is 11.7. The van der Waals surface area contributed by atoms with E-state index in [1.807, 2.05) is 0 Å². The summed E-state index contributed by atoms with van der Waals surface area (Å²) in [7, 11) is -1.66. The van der Waals surface area contributed by atoms with Gasteiger partial charge in [0.15, 0.2) is 4.90 Å². The molecule has 1 aromatic heterocycles. The fraction of sp³-hybridized carbons (Fsp3) is 0.231. The second-order valence-electron chi connectivity index (χ2n) is 4.85. The predicted octanol–water partition coefficient (Wildman–Crippen LogP) is 1.50. The van der Waals surface area contributed by atoms with E-state index in [-0.39, 0.29) is 16.4 Å². The third kappa shape index (κ3) is 3.15. The number of nitrogens with zero attached hydrogens (tertiary/aromatic N) is 2. The summed E-state index contributed by atoms with van der Waals surface area (Å²) < 4.78 is 29.2. The Morgan fingerprint density at radius 1 is 1.09 bits per heavy atom. The maximum atomic E-state index is 12.6. The molecule has 0 aliphatic heterocycles. The van der Waals surface area contributed by atoms with Crippen LogP contribution in [0.25, 0.3) is 0 Å². The van der Waals surface area contributed by atoms with Gasteiger partial charge >= 0.3 is 5.69 Å². The highest BCUT2D eigenvalue weighted by atomic mass is 35.5. The van der Waals surface area contributed by atoms with Gasteiger partial charge in [-0.25, -0.2) is 13.2 Å². The van der Waals surface area contributed by atoms with E-state index in [2.05, 4.69) is 4.72 Å². The molecule has 124 valence electrons. The fourth-order valence-electron chi connectivity index (χ4n) is 1.99. The molecule has 7 nitrogen and oxygen atoms in total. The smallest absolute Gasteiger partial charge is 0.300 e. The first-order valence-electron chi connectivity index (χ1n) is 6.30. The number of anilines is 1. The summed E-state index contributed by atoms with van der Waals surface area (Å²) in [6, 6.07) is 4.20. The Kier molecular flexibility index (Phi) is 4.61. The minimum absolute atomic E-state index is 0.0238. The van der Waals surface area contributed by atoms with E-state index in [9.17, 15) is 18.0 Å². The van der Waals surface area contributed by atoms with Crippen molar-refractivity contribution in [1.29, 1.82) is 0 Å². The van der Waals surface area contributed by atoms with Gasteiger partial charge in [0, 0.05) is 24.8 Å². The number of aromatic nitrogens is 2. The summed E-state index contributed by atoms with van der Waals surface area (Å²) in [6.45, 7) is 1.38. The molecule has 0 spiro atoms. The largest absolute Gasteiger partial charge is 0.330 e. The lowest BCUT2D eigenvalue weighted by atomic mass is 10.3. The third-order valence-corrected chi connectivity index (χ3v) is 5.39. The van der Waals surface area contributed by atoms with E-state index < -0.39 is 26.2 Å². The van der Waals surface area contributed by atoms with Crippen molar-refractivity contribution >= 4 is 38.9 Å². The Morgan fingerprint density at radius 2 is 1.70 bits per heavy atom. The Morgan fingerprint density at radius 3 is 2.26 bits per heavy atom. The summed E-state index contributed by atoms with van der Waals surface area (Å²) in [5.41, 5.74) is -1.43. The van der Waals surface area contributed by atoms with Gasteiger partial charge in [-0.05, 0) is 25.1 Å². The number of halogens is 2. The molecule has 2 aromatic rings. The molecule has 0 amide bonds. The maximum Gasteiger partial charge on any atom is 0.330 e. The van der Waals surface area contributed by atoms with Crippen LogP contribution in [0, 0.1) is 6.92 Å². The van der Waals surface area contributed by atoms with Crippen molar-refractivity contribution in [3.8, 4) is 0 Å². The van der Waals surface area contributed by atoms with Crippen molar-refractivity contribution in [3.63, 3.8) is 0 Å². The zero-order valence-corrected chi connectivity index (χ0v) is 14.8. The SMILES string of the molecule is Cc1c(S(=O)(=O)Nc2ccc(Cl)cc2Cl)c(=O)n(C)c(=O)n1C. The van der Waals surface area contributed by atoms with Gasteiger partial charge in [-0.1, -0.05) is 23.2 Å². The van der Waals surface area contributed by atoms with Crippen molar-refractivity contribution in [2.75, 3.05) is 4.72 Å². The lowest BCUT2D eigenvalue weighted by Gasteiger charge is -2.14. The molecule has 0 saturated heterocycles. The van der Waals surface area contributed by atoms with E-state index in [1.54, 1.807) is 0 Å². The number of hydrogen-bond acceptors (Lipinski definition) is 4. The molecule has 1 N–H and O–H groups in total. The molecule has 1 aromatic carbocycles. The first kappa shape index (κ1) is 17.6. The molecule has 0 bridgehead atoms. The number of rotatable bonds is 3. The third-order valence-electron chi connectivity index (χ3n) is 3.35.